The van der Waals surface area contributed by atoms with Gasteiger partial charge in [-0.1, -0.05) is 43.7 Å². The van der Waals surface area contributed by atoms with Gasteiger partial charge in [-0.05, 0) is 56.0 Å². The van der Waals surface area contributed by atoms with Crippen molar-refractivity contribution >= 4 is 5.91 Å². The Kier molecular flexibility index (Phi) is 7.07. The van der Waals surface area contributed by atoms with E-state index in [9.17, 15) is 4.79 Å². The summed E-state index contributed by atoms with van der Waals surface area (Å²) in [7, 11) is 1.65. The number of carbonyl (C=O) groups excluding carboxylic acids is 1. The van der Waals surface area contributed by atoms with Crippen molar-refractivity contribution in [2.45, 2.75) is 46.3 Å². The van der Waals surface area contributed by atoms with Crippen LogP contribution in [-0.2, 0) is 4.79 Å². The highest BCUT2D eigenvalue weighted by Crippen LogP contribution is 2.24. The number of nitrogens with one attached hydrogen (secondary N) is 1. The van der Waals surface area contributed by atoms with Gasteiger partial charge in [0.1, 0.15) is 11.5 Å². The summed E-state index contributed by atoms with van der Waals surface area (Å²) in [6.45, 7) is 8.09. The smallest absolute Gasteiger partial charge is 0.261 e. The molecule has 0 aliphatic heterocycles. The van der Waals surface area contributed by atoms with Gasteiger partial charge in [-0.2, -0.15) is 0 Å². The minimum atomic E-state index is -0.564. The topological polar surface area (TPSA) is 47.6 Å². The third-order valence-corrected chi connectivity index (χ3v) is 4.24. The molecule has 2 aromatic carbocycles. The number of amides is 1. The van der Waals surface area contributed by atoms with E-state index in [1.807, 2.05) is 55.5 Å². The van der Waals surface area contributed by atoms with Gasteiger partial charge in [-0.3, -0.25) is 4.79 Å². The predicted octanol–water partition coefficient (Wildman–Crippen LogP) is 4.67. The summed E-state index contributed by atoms with van der Waals surface area (Å²) in [5.41, 5.74) is 2.22. The lowest BCUT2D eigenvalue weighted by Gasteiger charge is -2.24. The quantitative estimate of drug-likeness (QED) is 0.748. The Morgan fingerprint density at radius 3 is 2.08 bits per heavy atom. The average Bonchev–Trinajstić information content (AvgIpc) is 2.62. The molecule has 4 nitrogen and oxygen atoms in total. The van der Waals surface area contributed by atoms with Crippen molar-refractivity contribution in [3.63, 3.8) is 0 Å². The highest BCUT2D eigenvalue weighted by Gasteiger charge is 2.21. The normalized spacial score (nSPS) is 13.2. The van der Waals surface area contributed by atoms with Crippen molar-refractivity contribution in [1.29, 1.82) is 0 Å². The monoisotopic (exact) mass is 355 g/mol. The van der Waals surface area contributed by atoms with Crippen LogP contribution in [0.25, 0.3) is 0 Å². The lowest BCUT2D eigenvalue weighted by atomic mass is 9.96. The molecular weight excluding hydrogens is 326 g/mol. The Hall–Kier alpha value is -2.49. The first-order valence-electron chi connectivity index (χ1n) is 9.06. The van der Waals surface area contributed by atoms with Crippen molar-refractivity contribution in [2.24, 2.45) is 5.92 Å². The summed E-state index contributed by atoms with van der Waals surface area (Å²) in [6.07, 6.45) is 0.292. The summed E-state index contributed by atoms with van der Waals surface area (Å²) in [4.78, 5) is 12.6. The molecule has 0 bridgehead atoms. The first kappa shape index (κ1) is 19.8. The summed E-state index contributed by atoms with van der Waals surface area (Å²) in [5, 5.41) is 3.13. The van der Waals surface area contributed by atoms with E-state index in [0.717, 1.165) is 23.3 Å². The molecule has 140 valence electrons. The Labute approximate surface area is 156 Å². The predicted molar refractivity (Wildman–Crippen MR) is 105 cm³/mol. The fourth-order valence-corrected chi connectivity index (χ4v) is 2.75. The molecule has 4 heteroatoms. The Bertz CT molecular complexity index is 692. The number of ether oxygens (including phenoxy) is 2. The highest BCUT2D eigenvalue weighted by atomic mass is 16.5. The zero-order valence-electron chi connectivity index (χ0n) is 16.3. The van der Waals surface area contributed by atoms with Crippen LogP contribution in [0.4, 0.5) is 0 Å². The Morgan fingerprint density at radius 2 is 1.54 bits per heavy atom. The number of aryl methyl sites for hydroxylation is 1. The number of hydrogen-bond acceptors (Lipinski definition) is 3. The number of carbonyl (C=O) groups is 1. The molecule has 2 aromatic rings. The third kappa shape index (κ3) is 5.80. The van der Waals surface area contributed by atoms with Crippen molar-refractivity contribution in [3.8, 4) is 11.5 Å². The van der Waals surface area contributed by atoms with Crippen LogP contribution in [0.1, 0.15) is 44.4 Å². The molecule has 0 aliphatic carbocycles. The van der Waals surface area contributed by atoms with Crippen LogP contribution in [0.2, 0.25) is 0 Å². The molecule has 0 unspecified atom stereocenters. The molecule has 0 aromatic heterocycles. The van der Waals surface area contributed by atoms with Gasteiger partial charge in [-0.15, -0.1) is 0 Å². The molecule has 0 fully saturated rings. The third-order valence-electron chi connectivity index (χ3n) is 4.24. The molecule has 0 saturated carbocycles. The van der Waals surface area contributed by atoms with E-state index in [-0.39, 0.29) is 11.9 Å². The zero-order chi connectivity index (χ0) is 19.1. The SMILES string of the molecule is COc1ccc([C@H](CC(C)C)NC(=O)[C@H](C)Oc2ccc(C)cc2)cc1. The maximum absolute atomic E-state index is 12.6. The van der Waals surface area contributed by atoms with Crippen LogP contribution in [0.5, 0.6) is 11.5 Å². The Morgan fingerprint density at radius 1 is 0.962 bits per heavy atom. The van der Waals surface area contributed by atoms with Crippen molar-refractivity contribution in [1.82, 2.24) is 5.32 Å². The van der Waals surface area contributed by atoms with E-state index in [2.05, 4.69) is 19.2 Å². The maximum Gasteiger partial charge on any atom is 0.261 e. The summed E-state index contributed by atoms with van der Waals surface area (Å²) >= 11 is 0. The number of benzene rings is 2. The number of hydrogen-bond donors (Lipinski definition) is 1. The van der Waals surface area contributed by atoms with Crippen LogP contribution in [0, 0.1) is 12.8 Å². The molecule has 0 spiro atoms. The van der Waals surface area contributed by atoms with Crippen LogP contribution in [0.3, 0.4) is 0 Å². The molecule has 0 heterocycles. The second-order valence-electron chi connectivity index (χ2n) is 7.04. The molecule has 1 N–H and O–H groups in total. The summed E-state index contributed by atoms with van der Waals surface area (Å²) < 4.78 is 11.0. The van der Waals surface area contributed by atoms with Crippen LogP contribution >= 0.6 is 0 Å². The van der Waals surface area contributed by atoms with E-state index >= 15 is 0 Å². The molecular formula is C22H29NO3. The molecule has 26 heavy (non-hydrogen) atoms. The lowest BCUT2D eigenvalue weighted by Crippen LogP contribution is -2.39. The highest BCUT2D eigenvalue weighted by molar-refractivity contribution is 5.81. The van der Waals surface area contributed by atoms with Crippen LogP contribution in [-0.4, -0.2) is 19.1 Å². The van der Waals surface area contributed by atoms with Crippen LogP contribution < -0.4 is 14.8 Å². The van der Waals surface area contributed by atoms with E-state index in [1.165, 1.54) is 0 Å². The van der Waals surface area contributed by atoms with Gasteiger partial charge < -0.3 is 14.8 Å². The molecule has 0 radical (unpaired) electrons. The van der Waals surface area contributed by atoms with Crippen LogP contribution in [0.15, 0.2) is 48.5 Å². The van der Waals surface area contributed by atoms with Crippen molar-refractivity contribution < 1.29 is 14.3 Å². The largest absolute Gasteiger partial charge is 0.497 e. The van der Waals surface area contributed by atoms with Crippen molar-refractivity contribution in [2.75, 3.05) is 7.11 Å². The fraction of sp³-hybridized carbons (Fsp3) is 0.409. The van der Waals surface area contributed by atoms with Crippen molar-refractivity contribution in [3.05, 3.63) is 59.7 Å². The van der Waals surface area contributed by atoms with Gasteiger partial charge in [0.05, 0.1) is 13.2 Å². The number of rotatable bonds is 8. The second kappa shape index (κ2) is 9.27. The average molecular weight is 355 g/mol. The van der Waals surface area contributed by atoms with Gasteiger partial charge >= 0.3 is 0 Å². The first-order chi connectivity index (χ1) is 12.4. The van der Waals surface area contributed by atoms with Gasteiger partial charge in [0.25, 0.3) is 5.91 Å². The maximum atomic E-state index is 12.6. The van der Waals surface area contributed by atoms with Gasteiger partial charge in [0.15, 0.2) is 6.10 Å². The van der Waals surface area contributed by atoms with Gasteiger partial charge in [0.2, 0.25) is 0 Å². The summed E-state index contributed by atoms with van der Waals surface area (Å²) in [6, 6.07) is 15.5. The van der Waals surface area contributed by atoms with E-state index in [0.29, 0.717) is 11.7 Å². The fourth-order valence-electron chi connectivity index (χ4n) is 2.75. The minimum Gasteiger partial charge on any atom is -0.497 e. The minimum absolute atomic E-state index is 0.0579. The lowest BCUT2D eigenvalue weighted by molar-refractivity contribution is -0.128. The van der Waals surface area contributed by atoms with E-state index in [1.54, 1.807) is 14.0 Å². The second-order valence-corrected chi connectivity index (χ2v) is 7.04. The van der Waals surface area contributed by atoms with Gasteiger partial charge in [-0.25, -0.2) is 0 Å². The van der Waals surface area contributed by atoms with E-state index in [4.69, 9.17) is 9.47 Å². The van der Waals surface area contributed by atoms with Gasteiger partial charge in [0, 0.05) is 0 Å². The molecule has 0 aliphatic rings. The molecule has 2 rings (SSSR count). The molecule has 1 amide bonds. The standard InChI is InChI=1S/C22H29NO3/c1-15(2)14-21(18-8-12-19(25-5)13-9-18)23-22(24)17(4)26-20-10-6-16(3)7-11-20/h6-13,15,17,21H,14H2,1-5H3,(H,23,24)/t17-,21-/m0/s1. The van der Waals surface area contributed by atoms with E-state index < -0.39 is 6.10 Å². The zero-order valence-corrected chi connectivity index (χ0v) is 16.3. The Balaban J connectivity index is 2.05. The summed E-state index contributed by atoms with van der Waals surface area (Å²) in [5.74, 6) is 1.84. The molecule has 0 saturated heterocycles. The first-order valence-corrected chi connectivity index (χ1v) is 9.06. The number of methoxy groups -OCH3 is 1. The molecule has 2 atom stereocenters.